The van der Waals surface area contributed by atoms with Crippen molar-refractivity contribution in [2.75, 3.05) is 38.6 Å². The number of para-hydroxylation sites is 1. The van der Waals surface area contributed by atoms with E-state index in [9.17, 15) is 18.0 Å². The third-order valence-electron chi connectivity index (χ3n) is 5.89. The van der Waals surface area contributed by atoms with Crippen LogP contribution in [0.15, 0.2) is 53.4 Å². The number of likely N-dealkylation sites (tertiary alicyclic amines) is 1. The van der Waals surface area contributed by atoms with Crippen LogP contribution in [0.1, 0.15) is 37.0 Å². The predicted molar refractivity (Wildman–Crippen MR) is 131 cm³/mol. The zero-order chi connectivity index (χ0) is 24.7. The summed E-state index contributed by atoms with van der Waals surface area (Å²) in [5, 5.41) is 5.84. The summed E-state index contributed by atoms with van der Waals surface area (Å²) in [5.74, 6) is -0.160. The highest BCUT2D eigenvalue weighted by Gasteiger charge is 2.28. The van der Waals surface area contributed by atoms with Gasteiger partial charge in [0.05, 0.1) is 7.11 Å². The summed E-state index contributed by atoms with van der Waals surface area (Å²) in [6, 6.07) is 13.4. The van der Waals surface area contributed by atoms with Crippen molar-refractivity contribution in [2.45, 2.75) is 37.6 Å². The van der Waals surface area contributed by atoms with Gasteiger partial charge in [0.1, 0.15) is 10.6 Å². The van der Waals surface area contributed by atoms with Gasteiger partial charge in [0.2, 0.25) is 10.0 Å². The number of rotatable bonds is 8. The van der Waals surface area contributed by atoms with Crippen LogP contribution >= 0.6 is 0 Å². The molecule has 0 radical (unpaired) electrons. The van der Waals surface area contributed by atoms with E-state index in [0.717, 1.165) is 5.69 Å². The van der Waals surface area contributed by atoms with E-state index >= 15 is 0 Å². The van der Waals surface area contributed by atoms with Crippen molar-refractivity contribution in [3.8, 4) is 5.75 Å². The number of piperidine rings is 1. The van der Waals surface area contributed by atoms with Gasteiger partial charge in [-0.25, -0.2) is 13.2 Å². The Hall–Kier alpha value is -3.11. The van der Waals surface area contributed by atoms with E-state index in [1.165, 1.54) is 23.5 Å². The first kappa shape index (κ1) is 25.5. The van der Waals surface area contributed by atoms with E-state index in [2.05, 4.69) is 10.6 Å². The molecule has 3 rings (SSSR count). The zero-order valence-electron chi connectivity index (χ0n) is 19.8. The van der Waals surface area contributed by atoms with Crippen molar-refractivity contribution < 1.29 is 22.7 Å². The number of hydrogen-bond acceptors (Lipinski definition) is 5. The van der Waals surface area contributed by atoms with Crippen molar-refractivity contribution in [3.05, 3.63) is 54.1 Å². The maximum Gasteiger partial charge on any atom is 0.321 e. The molecule has 2 N–H and O–H groups in total. The molecule has 2 aromatic rings. The smallest absolute Gasteiger partial charge is 0.321 e. The average molecular weight is 489 g/mol. The zero-order valence-corrected chi connectivity index (χ0v) is 20.6. The van der Waals surface area contributed by atoms with Crippen molar-refractivity contribution >= 4 is 27.6 Å². The third kappa shape index (κ3) is 5.87. The van der Waals surface area contributed by atoms with E-state index in [4.69, 9.17) is 4.74 Å². The number of nitrogens with zero attached hydrogens (tertiary/aromatic N) is 2. The topological polar surface area (TPSA) is 108 Å². The molecule has 0 spiro atoms. The van der Waals surface area contributed by atoms with Crippen molar-refractivity contribution in [3.63, 3.8) is 0 Å². The molecule has 0 saturated carbocycles. The van der Waals surface area contributed by atoms with Crippen LogP contribution in [0.2, 0.25) is 0 Å². The van der Waals surface area contributed by atoms with Crippen LogP contribution in [0.4, 0.5) is 10.5 Å². The fourth-order valence-electron chi connectivity index (χ4n) is 3.94. The SMILES string of the molecule is CCN(CC)S(=O)(=O)c1cc(C(=O)NC2CCN(C(=O)Nc3ccccc3)CC2)ccc1OC. The Morgan fingerprint density at radius 2 is 1.71 bits per heavy atom. The molecule has 34 heavy (non-hydrogen) atoms. The number of carbonyl (C=O) groups is 2. The highest BCUT2D eigenvalue weighted by atomic mass is 32.2. The summed E-state index contributed by atoms with van der Waals surface area (Å²) in [6.45, 7) is 5.17. The van der Waals surface area contributed by atoms with Crippen molar-refractivity contribution in [1.82, 2.24) is 14.5 Å². The van der Waals surface area contributed by atoms with Gasteiger partial charge in [0.25, 0.3) is 5.91 Å². The van der Waals surface area contributed by atoms with Gasteiger partial charge in [-0.2, -0.15) is 4.31 Å². The van der Waals surface area contributed by atoms with E-state index in [1.807, 2.05) is 30.3 Å². The number of carbonyl (C=O) groups excluding carboxylic acids is 2. The number of benzene rings is 2. The van der Waals surface area contributed by atoms with Gasteiger partial charge in [-0.15, -0.1) is 0 Å². The molecule has 9 nitrogen and oxygen atoms in total. The van der Waals surface area contributed by atoms with Gasteiger partial charge < -0.3 is 20.3 Å². The van der Waals surface area contributed by atoms with Gasteiger partial charge in [-0.05, 0) is 43.2 Å². The number of nitrogens with one attached hydrogen (secondary N) is 2. The quantitative estimate of drug-likeness (QED) is 0.594. The number of ether oxygens (including phenoxy) is 1. The van der Waals surface area contributed by atoms with E-state index in [1.54, 1.807) is 24.8 Å². The van der Waals surface area contributed by atoms with Gasteiger partial charge in [-0.1, -0.05) is 32.0 Å². The fraction of sp³-hybridized carbons (Fsp3) is 0.417. The summed E-state index contributed by atoms with van der Waals surface area (Å²) in [5.41, 5.74) is 0.980. The van der Waals surface area contributed by atoms with Gasteiger partial charge >= 0.3 is 6.03 Å². The van der Waals surface area contributed by atoms with Crippen LogP contribution in [-0.2, 0) is 10.0 Å². The molecule has 0 aromatic heterocycles. The average Bonchev–Trinajstić information content (AvgIpc) is 2.85. The van der Waals surface area contributed by atoms with Crippen LogP contribution in [-0.4, -0.2) is 68.9 Å². The second-order valence-electron chi connectivity index (χ2n) is 7.99. The highest BCUT2D eigenvalue weighted by molar-refractivity contribution is 7.89. The Kier molecular flexibility index (Phi) is 8.51. The Bertz CT molecular complexity index is 1100. The molecule has 0 aliphatic carbocycles. The molecule has 184 valence electrons. The van der Waals surface area contributed by atoms with Crippen LogP contribution in [0.5, 0.6) is 5.75 Å². The molecule has 10 heteroatoms. The summed E-state index contributed by atoms with van der Waals surface area (Å²) in [4.78, 5) is 27.1. The minimum absolute atomic E-state index is 0.0289. The number of sulfonamides is 1. The number of hydrogen-bond donors (Lipinski definition) is 2. The summed E-state index contributed by atoms with van der Waals surface area (Å²) < 4.78 is 32.7. The van der Waals surface area contributed by atoms with E-state index in [0.29, 0.717) is 39.0 Å². The second-order valence-corrected chi connectivity index (χ2v) is 9.89. The normalized spacial score (nSPS) is 14.6. The van der Waals surface area contributed by atoms with Crippen molar-refractivity contribution in [1.29, 1.82) is 0 Å². The largest absolute Gasteiger partial charge is 0.495 e. The van der Waals surface area contributed by atoms with Crippen LogP contribution < -0.4 is 15.4 Å². The minimum Gasteiger partial charge on any atom is -0.495 e. The molecule has 2 aromatic carbocycles. The molecular formula is C24H32N4O5S. The predicted octanol–water partition coefficient (Wildman–Crippen LogP) is 3.15. The van der Waals surface area contributed by atoms with Gasteiger partial charge in [-0.3, -0.25) is 4.79 Å². The number of urea groups is 1. The maximum atomic E-state index is 13.0. The minimum atomic E-state index is -3.80. The first-order chi connectivity index (χ1) is 16.3. The highest BCUT2D eigenvalue weighted by Crippen LogP contribution is 2.28. The molecule has 3 amide bonds. The van der Waals surface area contributed by atoms with Crippen LogP contribution in [0.3, 0.4) is 0 Å². The lowest BCUT2D eigenvalue weighted by Crippen LogP contribution is -2.47. The number of amides is 3. The van der Waals surface area contributed by atoms with E-state index < -0.39 is 10.0 Å². The first-order valence-corrected chi connectivity index (χ1v) is 12.8. The Morgan fingerprint density at radius 1 is 1.06 bits per heavy atom. The van der Waals surface area contributed by atoms with E-state index in [-0.39, 0.29) is 34.2 Å². The Balaban J connectivity index is 1.63. The fourth-order valence-corrected chi connectivity index (χ4v) is 5.58. The summed E-state index contributed by atoms with van der Waals surface area (Å²) >= 11 is 0. The van der Waals surface area contributed by atoms with Crippen LogP contribution in [0.25, 0.3) is 0 Å². The third-order valence-corrected chi connectivity index (χ3v) is 7.96. The second kappa shape index (κ2) is 11.3. The number of methoxy groups -OCH3 is 1. The molecule has 1 saturated heterocycles. The Labute approximate surface area is 201 Å². The molecule has 1 fully saturated rings. The summed E-state index contributed by atoms with van der Waals surface area (Å²) in [7, 11) is -2.40. The molecule has 0 bridgehead atoms. The lowest BCUT2D eigenvalue weighted by Gasteiger charge is -2.32. The molecular weight excluding hydrogens is 456 g/mol. The maximum absolute atomic E-state index is 13.0. The lowest BCUT2D eigenvalue weighted by atomic mass is 10.0. The molecule has 0 atom stereocenters. The molecule has 1 aliphatic heterocycles. The summed E-state index contributed by atoms with van der Waals surface area (Å²) in [6.07, 6.45) is 1.21. The molecule has 0 unspecified atom stereocenters. The monoisotopic (exact) mass is 488 g/mol. The standard InChI is InChI=1S/C24H32N4O5S/c1-4-28(5-2)34(31,32)22-17-18(11-12-21(22)33-3)23(29)25-20-13-15-27(16-14-20)24(30)26-19-9-7-6-8-10-19/h6-12,17,20H,4-5,13-16H2,1-3H3,(H,25,29)(H,26,30). The first-order valence-electron chi connectivity index (χ1n) is 11.4. The van der Waals surface area contributed by atoms with Gasteiger partial charge in [0, 0.05) is 43.5 Å². The van der Waals surface area contributed by atoms with Crippen molar-refractivity contribution in [2.24, 2.45) is 0 Å². The van der Waals surface area contributed by atoms with Gasteiger partial charge in [0.15, 0.2) is 0 Å². The number of anilines is 1. The lowest BCUT2D eigenvalue weighted by molar-refractivity contribution is 0.0919. The van der Waals surface area contributed by atoms with Crippen LogP contribution in [0, 0.1) is 0 Å². The Morgan fingerprint density at radius 3 is 2.29 bits per heavy atom. The molecule has 1 heterocycles. The molecule has 1 aliphatic rings.